The Hall–Kier alpha value is -1.52. The molecule has 0 atom stereocenters. The van der Waals surface area contributed by atoms with Gasteiger partial charge in [0.2, 0.25) is 0 Å². The lowest BCUT2D eigenvalue weighted by Crippen LogP contribution is -2.22. The normalized spacial score (nSPS) is 10.2. The molecule has 3 nitrogen and oxygen atoms in total. The third kappa shape index (κ3) is 2.99. The zero-order chi connectivity index (χ0) is 12.3. The Kier molecular flexibility index (Phi) is 3.66. The summed E-state index contributed by atoms with van der Waals surface area (Å²) >= 11 is 7.26. The predicted octanol–water partition coefficient (Wildman–Crippen LogP) is 3.04. The third-order valence-corrected chi connectivity index (χ3v) is 3.32. The fourth-order valence-electron chi connectivity index (χ4n) is 1.37. The van der Waals surface area contributed by atoms with E-state index >= 15 is 0 Å². The van der Waals surface area contributed by atoms with Crippen LogP contribution in [-0.4, -0.2) is 11.0 Å². The van der Waals surface area contributed by atoms with Crippen LogP contribution in [0.15, 0.2) is 35.7 Å². The molecule has 88 valence electrons. The monoisotopic (exact) mass is 267 g/mol. The maximum atomic E-state index is 11.8. The van der Waals surface area contributed by atoms with Crippen LogP contribution in [0.5, 0.6) is 5.75 Å². The van der Waals surface area contributed by atoms with Crippen LogP contribution in [0, 0.1) is 0 Å². The zero-order valence-electron chi connectivity index (χ0n) is 8.81. The quantitative estimate of drug-likeness (QED) is 0.898. The molecule has 0 aliphatic rings. The summed E-state index contributed by atoms with van der Waals surface area (Å²) in [5.74, 6) is -0.422. The number of benzene rings is 1. The number of phenols is 1. The number of carbonyl (C=O) groups is 1. The standard InChI is InChI=1S/C12H10ClNO2S/c13-8-3-4-10(11(15)6-8)12(16)14-7-9-2-1-5-17-9/h1-6,15H,7H2,(H,14,16). The maximum Gasteiger partial charge on any atom is 0.255 e. The molecule has 17 heavy (non-hydrogen) atoms. The smallest absolute Gasteiger partial charge is 0.255 e. The Bertz CT molecular complexity index is 525. The van der Waals surface area contributed by atoms with Crippen molar-refractivity contribution in [2.45, 2.75) is 6.54 Å². The van der Waals surface area contributed by atoms with E-state index < -0.39 is 0 Å². The van der Waals surface area contributed by atoms with Gasteiger partial charge in [-0.05, 0) is 29.6 Å². The van der Waals surface area contributed by atoms with E-state index in [4.69, 9.17) is 11.6 Å². The molecule has 0 saturated heterocycles. The second kappa shape index (κ2) is 5.21. The number of hydrogen-bond donors (Lipinski definition) is 2. The average molecular weight is 268 g/mol. The van der Waals surface area contributed by atoms with Gasteiger partial charge in [-0.1, -0.05) is 17.7 Å². The van der Waals surface area contributed by atoms with E-state index in [1.807, 2.05) is 17.5 Å². The second-order valence-electron chi connectivity index (χ2n) is 3.42. The molecule has 2 N–H and O–H groups in total. The lowest BCUT2D eigenvalue weighted by atomic mass is 10.2. The van der Waals surface area contributed by atoms with Crippen LogP contribution in [0.2, 0.25) is 5.02 Å². The van der Waals surface area contributed by atoms with Gasteiger partial charge in [-0.3, -0.25) is 4.79 Å². The summed E-state index contributed by atoms with van der Waals surface area (Å²) in [5.41, 5.74) is 0.228. The number of amides is 1. The van der Waals surface area contributed by atoms with Crippen LogP contribution in [0.4, 0.5) is 0 Å². The Morgan fingerprint density at radius 1 is 1.41 bits per heavy atom. The van der Waals surface area contributed by atoms with Gasteiger partial charge in [-0.15, -0.1) is 11.3 Å². The number of aromatic hydroxyl groups is 1. The van der Waals surface area contributed by atoms with Crippen molar-refractivity contribution in [3.8, 4) is 5.75 Å². The maximum absolute atomic E-state index is 11.8. The summed E-state index contributed by atoms with van der Waals surface area (Å²) in [5, 5.41) is 14.7. The van der Waals surface area contributed by atoms with Gasteiger partial charge in [0.05, 0.1) is 12.1 Å². The van der Waals surface area contributed by atoms with Crippen molar-refractivity contribution in [3.05, 3.63) is 51.2 Å². The van der Waals surface area contributed by atoms with E-state index in [9.17, 15) is 9.90 Å². The number of halogens is 1. The molecule has 2 aromatic rings. The number of rotatable bonds is 3. The van der Waals surface area contributed by atoms with E-state index in [1.54, 1.807) is 17.4 Å². The first-order chi connectivity index (χ1) is 8.16. The minimum atomic E-state index is -0.312. The summed E-state index contributed by atoms with van der Waals surface area (Å²) in [6.07, 6.45) is 0. The van der Waals surface area contributed by atoms with Crippen molar-refractivity contribution in [2.75, 3.05) is 0 Å². The van der Waals surface area contributed by atoms with Crippen molar-refractivity contribution in [3.63, 3.8) is 0 Å². The van der Waals surface area contributed by atoms with Gasteiger partial charge in [0.1, 0.15) is 5.75 Å². The summed E-state index contributed by atoms with van der Waals surface area (Å²) in [4.78, 5) is 12.8. The molecule has 5 heteroatoms. The molecule has 1 aromatic carbocycles. The predicted molar refractivity (Wildman–Crippen MR) is 68.6 cm³/mol. The Morgan fingerprint density at radius 2 is 2.24 bits per heavy atom. The molecule has 0 unspecified atom stereocenters. The first kappa shape index (κ1) is 12.0. The molecule has 1 aromatic heterocycles. The van der Waals surface area contributed by atoms with E-state index in [0.29, 0.717) is 11.6 Å². The number of phenolic OH excluding ortho intramolecular Hbond substituents is 1. The van der Waals surface area contributed by atoms with Gasteiger partial charge in [0.15, 0.2) is 0 Å². The largest absolute Gasteiger partial charge is 0.507 e. The minimum Gasteiger partial charge on any atom is -0.507 e. The van der Waals surface area contributed by atoms with E-state index in [1.165, 1.54) is 12.1 Å². The fourth-order valence-corrected chi connectivity index (χ4v) is 2.18. The first-order valence-electron chi connectivity index (χ1n) is 4.96. The summed E-state index contributed by atoms with van der Waals surface area (Å²) in [6, 6.07) is 8.28. The van der Waals surface area contributed by atoms with Crippen LogP contribution in [0.3, 0.4) is 0 Å². The van der Waals surface area contributed by atoms with Crippen LogP contribution < -0.4 is 5.32 Å². The summed E-state index contributed by atoms with van der Waals surface area (Å²) < 4.78 is 0. The second-order valence-corrected chi connectivity index (χ2v) is 4.89. The van der Waals surface area contributed by atoms with Gasteiger partial charge in [-0.25, -0.2) is 0 Å². The van der Waals surface area contributed by atoms with Gasteiger partial charge in [-0.2, -0.15) is 0 Å². The van der Waals surface area contributed by atoms with Crippen molar-refractivity contribution < 1.29 is 9.90 Å². The number of carbonyl (C=O) groups excluding carboxylic acids is 1. The van der Waals surface area contributed by atoms with E-state index in [2.05, 4.69) is 5.32 Å². The topological polar surface area (TPSA) is 49.3 Å². The zero-order valence-corrected chi connectivity index (χ0v) is 10.4. The Balaban J connectivity index is 2.04. The molecule has 1 heterocycles. The molecule has 0 aliphatic carbocycles. The number of hydrogen-bond acceptors (Lipinski definition) is 3. The molecule has 1 amide bonds. The summed E-state index contributed by atoms with van der Waals surface area (Å²) in [6.45, 7) is 0.457. The van der Waals surface area contributed by atoms with Crippen molar-refractivity contribution in [1.29, 1.82) is 0 Å². The Labute approximate surface area is 108 Å². The first-order valence-corrected chi connectivity index (χ1v) is 6.21. The molecule has 2 rings (SSSR count). The highest BCUT2D eigenvalue weighted by Crippen LogP contribution is 2.21. The molecule has 0 bridgehead atoms. The molecular formula is C12H10ClNO2S. The highest BCUT2D eigenvalue weighted by molar-refractivity contribution is 7.09. The summed E-state index contributed by atoms with van der Waals surface area (Å²) in [7, 11) is 0. The number of nitrogens with one attached hydrogen (secondary N) is 1. The van der Waals surface area contributed by atoms with Crippen molar-refractivity contribution in [2.24, 2.45) is 0 Å². The molecule has 0 saturated carbocycles. The van der Waals surface area contributed by atoms with Gasteiger partial charge in [0, 0.05) is 9.90 Å². The third-order valence-electron chi connectivity index (χ3n) is 2.21. The fraction of sp³-hybridized carbons (Fsp3) is 0.0833. The number of thiophene rings is 1. The molecule has 0 radical (unpaired) electrons. The molecular weight excluding hydrogens is 258 g/mol. The van der Waals surface area contributed by atoms with E-state index in [-0.39, 0.29) is 17.2 Å². The van der Waals surface area contributed by atoms with Crippen LogP contribution in [-0.2, 0) is 6.54 Å². The molecule has 0 fully saturated rings. The molecule has 0 aliphatic heterocycles. The Morgan fingerprint density at radius 3 is 2.88 bits per heavy atom. The van der Waals surface area contributed by atoms with Crippen molar-refractivity contribution >= 4 is 28.8 Å². The average Bonchev–Trinajstić information content (AvgIpc) is 2.78. The van der Waals surface area contributed by atoms with E-state index in [0.717, 1.165) is 4.88 Å². The van der Waals surface area contributed by atoms with Crippen molar-refractivity contribution in [1.82, 2.24) is 5.32 Å². The lowest BCUT2D eigenvalue weighted by molar-refractivity contribution is 0.0948. The van der Waals surface area contributed by atoms with Gasteiger partial charge in [0.25, 0.3) is 5.91 Å². The highest BCUT2D eigenvalue weighted by atomic mass is 35.5. The van der Waals surface area contributed by atoms with Crippen LogP contribution in [0.1, 0.15) is 15.2 Å². The van der Waals surface area contributed by atoms with Crippen LogP contribution >= 0.6 is 22.9 Å². The minimum absolute atomic E-state index is 0.110. The van der Waals surface area contributed by atoms with Gasteiger partial charge < -0.3 is 10.4 Å². The molecule has 0 spiro atoms. The van der Waals surface area contributed by atoms with Gasteiger partial charge >= 0.3 is 0 Å². The highest BCUT2D eigenvalue weighted by Gasteiger charge is 2.10. The lowest BCUT2D eigenvalue weighted by Gasteiger charge is -2.05. The van der Waals surface area contributed by atoms with Crippen LogP contribution in [0.25, 0.3) is 0 Å². The SMILES string of the molecule is O=C(NCc1cccs1)c1ccc(Cl)cc1O.